The van der Waals surface area contributed by atoms with Gasteiger partial charge in [0.15, 0.2) is 0 Å². The molecule has 2 heterocycles. The molecule has 1 fully saturated rings. The van der Waals surface area contributed by atoms with Gasteiger partial charge in [-0.1, -0.05) is 6.92 Å². The molecule has 3 nitrogen and oxygen atoms in total. The van der Waals surface area contributed by atoms with E-state index in [1.54, 1.807) is 6.07 Å². The van der Waals surface area contributed by atoms with Crippen molar-refractivity contribution < 1.29 is 0 Å². The van der Waals surface area contributed by atoms with Gasteiger partial charge in [-0.2, -0.15) is 5.26 Å². The fraction of sp³-hybridized carbons (Fsp3) is 0.538. The molecule has 0 spiro atoms. The van der Waals surface area contributed by atoms with E-state index in [1.807, 2.05) is 18.3 Å². The number of nitrogens with zero attached hydrogens (tertiary/aromatic N) is 3. The minimum atomic E-state index is 0.488. The van der Waals surface area contributed by atoms with Crippen LogP contribution in [0.5, 0.6) is 0 Å². The van der Waals surface area contributed by atoms with E-state index >= 15 is 0 Å². The number of anilines is 1. The van der Waals surface area contributed by atoms with Crippen molar-refractivity contribution in [3.63, 3.8) is 0 Å². The molecule has 1 aromatic rings. The van der Waals surface area contributed by atoms with Crippen molar-refractivity contribution in [1.29, 1.82) is 5.26 Å². The summed E-state index contributed by atoms with van der Waals surface area (Å²) < 4.78 is 0. The molecule has 3 heteroatoms. The summed E-state index contributed by atoms with van der Waals surface area (Å²) in [6, 6.07) is 6.40. The fourth-order valence-electron chi connectivity index (χ4n) is 2.41. The maximum Gasteiger partial charge on any atom is 0.140 e. The summed E-state index contributed by atoms with van der Waals surface area (Å²) in [7, 11) is 0. The Morgan fingerprint density at radius 2 is 2.25 bits per heavy atom. The molecular formula is C13H17N3. The van der Waals surface area contributed by atoms with Crippen molar-refractivity contribution in [2.24, 2.45) is 5.92 Å². The lowest BCUT2D eigenvalue weighted by Gasteiger charge is -2.38. The minimum absolute atomic E-state index is 0.488. The third kappa shape index (κ3) is 2.16. The van der Waals surface area contributed by atoms with Gasteiger partial charge in [-0.15, -0.1) is 0 Å². The fourth-order valence-corrected chi connectivity index (χ4v) is 2.41. The summed E-state index contributed by atoms with van der Waals surface area (Å²) in [5.74, 6) is 0.817. The van der Waals surface area contributed by atoms with Crippen LogP contribution in [0.4, 0.5) is 5.69 Å². The van der Waals surface area contributed by atoms with Crippen molar-refractivity contribution in [1.82, 2.24) is 4.98 Å². The number of hydrogen-bond acceptors (Lipinski definition) is 3. The molecule has 1 aliphatic rings. The maximum atomic E-state index is 8.70. The molecule has 16 heavy (non-hydrogen) atoms. The highest BCUT2D eigenvalue weighted by Crippen LogP contribution is 2.27. The van der Waals surface area contributed by atoms with Crippen LogP contribution in [0.3, 0.4) is 0 Å². The van der Waals surface area contributed by atoms with Gasteiger partial charge in [-0.3, -0.25) is 0 Å². The van der Waals surface area contributed by atoms with Crippen LogP contribution in [0, 0.1) is 17.2 Å². The normalized spacial score (nSPS) is 25.2. The van der Waals surface area contributed by atoms with Gasteiger partial charge in [-0.25, -0.2) is 4.98 Å². The van der Waals surface area contributed by atoms with Crippen molar-refractivity contribution in [3.05, 3.63) is 24.0 Å². The Labute approximate surface area is 96.7 Å². The lowest BCUT2D eigenvalue weighted by molar-refractivity contribution is 0.378. The number of hydrogen-bond donors (Lipinski definition) is 0. The van der Waals surface area contributed by atoms with Crippen molar-refractivity contribution >= 4 is 5.69 Å². The molecule has 1 saturated heterocycles. The highest BCUT2D eigenvalue weighted by Gasteiger charge is 2.22. The molecule has 0 amide bonds. The second-order valence-corrected chi connectivity index (χ2v) is 4.69. The zero-order valence-corrected chi connectivity index (χ0v) is 9.85. The summed E-state index contributed by atoms with van der Waals surface area (Å²) in [6.45, 7) is 5.66. The molecule has 0 aromatic carbocycles. The smallest absolute Gasteiger partial charge is 0.140 e. The zero-order valence-electron chi connectivity index (χ0n) is 9.85. The first-order valence-corrected chi connectivity index (χ1v) is 5.83. The lowest BCUT2D eigenvalue weighted by atomic mass is 9.93. The van der Waals surface area contributed by atoms with Crippen LogP contribution in [0.25, 0.3) is 0 Å². The Balaban J connectivity index is 2.14. The van der Waals surface area contributed by atoms with E-state index in [0.717, 1.165) is 18.2 Å². The summed E-state index contributed by atoms with van der Waals surface area (Å²) in [5.41, 5.74) is 1.63. The van der Waals surface area contributed by atoms with Crippen LogP contribution in [0.2, 0.25) is 0 Å². The average molecular weight is 215 g/mol. The second kappa shape index (κ2) is 4.52. The minimum Gasteiger partial charge on any atom is -0.368 e. The van der Waals surface area contributed by atoms with E-state index in [-0.39, 0.29) is 0 Å². The third-order valence-electron chi connectivity index (χ3n) is 3.33. The number of rotatable bonds is 1. The Morgan fingerprint density at radius 3 is 2.81 bits per heavy atom. The Hall–Kier alpha value is -1.56. The van der Waals surface area contributed by atoms with Gasteiger partial charge in [0.05, 0.1) is 11.9 Å². The molecule has 84 valence electrons. The molecule has 2 atom stereocenters. The van der Waals surface area contributed by atoms with Gasteiger partial charge in [0.25, 0.3) is 0 Å². The van der Waals surface area contributed by atoms with Gasteiger partial charge >= 0.3 is 0 Å². The average Bonchev–Trinajstić information content (AvgIpc) is 2.29. The van der Waals surface area contributed by atoms with Crippen LogP contribution in [0.15, 0.2) is 18.3 Å². The molecule has 1 aromatic heterocycles. The first-order chi connectivity index (χ1) is 7.70. The van der Waals surface area contributed by atoms with Gasteiger partial charge in [0.1, 0.15) is 11.8 Å². The monoisotopic (exact) mass is 215 g/mol. The number of piperidine rings is 1. The van der Waals surface area contributed by atoms with E-state index in [9.17, 15) is 0 Å². The van der Waals surface area contributed by atoms with Gasteiger partial charge in [-0.05, 0) is 37.8 Å². The van der Waals surface area contributed by atoms with Crippen molar-refractivity contribution in [3.8, 4) is 6.07 Å². The summed E-state index contributed by atoms with van der Waals surface area (Å²) in [4.78, 5) is 6.51. The summed E-state index contributed by atoms with van der Waals surface area (Å²) >= 11 is 0. The molecule has 0 aliphatic carbocycles. The van der Waals surface area contributed by atoms with E-state index in [1.165, 1.54) is 12.8 Å². The summed E-state index contributed by atoms with van der Waals surface area (Å²) in [5, 5.41) is 8.70. The molecule has 1 aliphatic heterocycles. The van der Waals surface area contributed by atoms with E-state index in [0.29, 0.717) is 11.7 Å². The SMILES string of the molecule is C[C@@H]1CCN(c2ccc(C#N)nc2)[C@@H](C)C1. The molecule has 0 radical (unpaired) electrons. The zero-order chi connectivity index (χ0) is 11.5. The Morgan fingerprint density at radius 1 is 1.44 bits per heavy atom. The maximum absolute atomic E-state index is 8.70. The number of nitriles is 1. The summed E-state index contributed by atoms with van der Waals surface area (Å²) in [6.07, 6.45) is 4.29. The van der Waals surface area contributed by atoms with Gasteiger partial charge in [0.2, 0.25) is 0 Å². The topological polar surface area (TPSA) is 39.9 Å². The third-order valence-corrected chi connectivity index (χ3v) is 3.33. The molecule has 0 bridgehead atoms. The van der Waals surface area contributed by atoms with Crippen molar-refractivity contribution in [2.45, 2.75) is 32.7 Å². The predicted molar refractivity (Wildman–Crippen MR) is 64.2 cm³/mol. The number of pyridine rings is 1. The van der Waals surface area contributed by atoms with Gasteiger partial charge in [0, 0.05) is 12.6 Å². The second-order valence-electron chi connectivity index (χ2n) is 4.69. The van der Waals surface area contributed by atoms with E-state index in [4.69, 9.17) is 5.26 Å². The van der Waals surface area contributed by atoms with Crippen LogP contribution < -0.4 is 4.90 Å². The Kier molecular flexibility index (Phi) is 3.09. The van der Waals surface area contributed by atoms with E-state index in [2.05, 4.69) is 23.7 Å². The quantitative estimate of drug-likeness (QED) is 0.723. The first kappa shape index (κ1) is 10.9. The molecule has 2 rings (SSSR count). The highest BCUT2D eigenvalue weighted by molar-refractivity contribution is 5.47. The largest absolute Gasteiger partial charge is 0.368 e. The number of aromatic nitrogens is 1. The molecule has 0 saturated carbocycles. The predicted octanol–water partition coefficient (Wildman–Crippen LogP) is 2.58. The van der Waals surface area contributed by atoms with Crippen LogP contribution >= 0.6 is 0 Å². The molecule has 0 N–H and O–H groups in total. The standard InChI is InChI=1S/C13H17N3/c1-10-5-6-16(11(2)7-10)13-4-3-12(8-14)15-9-13/h3-4,9-11H,5-7H2,1-2H3/t10-,11+/m1/s1. The molecular weight excluding hydrogens is 198 g/mol. The lowest BCUT2D eigenvalue weighted by Crippen LogP contribution is -2.40. The van der Waals surface area contributed by atoms with Crippen LogP contribution in [-0.4, -0.2) is 17.6 Å². The first-order valence-electron chi connectivity index (χ1n) is 5.83. The van der Waals surface area contributed by atoms with Crippen LogP contribution in [0.1, 0.15) is 32.4 Å². The Bertz CT molecular complexity index is 391. The highest BCUT2D eigenvalue weighted by atomic mass is 15.2. The van der Waals surface area contributed by atoms with Crippen molar-refractivity contribution in [2.75, 3.05) is 11.4 Å². The molecule has 0 unspecified atom stereocenters. The van der Waals surface area contributed by atoms with E-state index < -0.39 is 0 Å². The van der Waals surface area contributed by atoms with Crippen LogP contribution in [-0.2, 0) is 0 Å². The van der Waals surface area contributed by atoms with Gasteiger partial charge < -0.3 is 4.90 Å².